The Morgan fingerprint density at radius 2 is 1.58 bits per heavy atom. The fourth-order valence-corrected chi connectivity index (χ4v) is 4.28. The van der Waals surface area contributed by atoms with Crippen molar-refractivity contribution < 1.29 is 19.1 Å². The van der Waals surface area contributed by atoms with Crippen LogP contribution in [0.5, 0.6) is 0 Å². The standard InChI is InChI=1S/C28H28ClN3O4/c1-2-36-28(35)22-10-13-25(24(19-22)30-26(33)18-20-8-11-23(29)12-9-20)31-14-16-32(17-15-31)27(34)21-6-4-3-5-7-21/h3-13,19H,2,14-18H2,1H3,(H,30,33). The van der Waals surface area contributed by atoms with Gasteiger partial charge in [-0.25, -0.2) is 4.79 Å². The third kappa shape index (κ3) is 6.23. The van der Waals surface area contributed by atoms with Gasteiger partial charge in [-0.05, 0) is 55.0 Å². The maximum absolute atomic E-state index is 12.9. The molecule has 7 nitrogen and oxygen atoms in total. The van der Waals surface area contributed by atoms with Crippen LogP contribution in [-0.2, 0) is 16.0 Å². The van der Waals surface area contributed by atoms with Gasteiger partial charge >= 0.3 is 5.97 Å². The van der Waals surface area contributed by atoms with Crippen molar-refractivity contribution in [1.82, 2.24) is 4.90 Å². The Balaban J connectivity index is 1.50. The molecule has 0 bridgehead atoms. The van der Waals surface area contributed by atoms with E-state index in [-0.39, 0.29) is 24.8 Å². The second-order valence-corrected chi connectivity index (χ2v) is 8.89. The van der Waals surface area contributed by atoms with Crippen LogP contribution >= 0.6 is 11.6 Å². The lowest BCUT2D eigenvalue weighted by Crippen LogP contribution is -2.49. The van der Waals surface area contributed by atoms with Crippen molar-refractivity contribution >= 4 is 40.8 Å². The highest BCUT2D eigenvalue weighted by Gasteiger charge is 2.24. The summed E-state index contributed by atoms with van der Waals surface area (Å²) in [5.41, 5.74) is 3.18. The van der Waals surface area contributed by atoms with Gasteiger partial charge in [0.15, 0.2) is 0 Å². The number of hydrogen-bond donors (Lipinski definition) is 1. The average molecular weight is 506 g/mol. The van der Waals surface area contributed by atoms with Crippen LogP contribution in [0.25, 0.3) is 0 Å². The lowest BCUT2D eigenvalue weighted by molar-refractivity contribution is -0.115. The van der Waals surface area contributed by atoms with Crippen LogP contribution in [0.15, 0.2) is 72.8 Å². The second kappa shape index (κ2) is 11.7. The van der Waals surface area contributed by atoms with Crippen LogP contribution < -0.4 is 10.2 Å². The molecule has 0 atom stereocenters. The van der Waals surface area contributed by atoms with E-state index in [1.165, 1.54) is 0 Å². The van der Waals surface area contributed by atoms with Gasteiger partial charge < -0.3 is 19.9 Å². The molecule has 0 spiro atoms. The Bertz CT molecular complexity index is 1220. The minimum absolute atomic E-state index is 0.00407. The fourth-order valence-electron chi connectivity index (χ4n) is 4.15. The first kappa shape index (κ1) is 25.3. The number of nitrogens with zero attached hydrogens (tertiary/aromatic N) is 2. The van der Waals surface area contributed by atoms with Crippen LogP contribution in [0, 0.1) is 0 Å². The molecule has 2 amide bonds. The number of benzene rings is 3. The molecular formula is C28H28ClN3O4. The van der Waals surface area contributed by atoms with E-state index in [0.29, 0.717) is 48.0 Å². The highest BCUT2D eigenvalue weighted by Crippen LogP contribution is 2.29. The Morgan fingerprint density at radius 1 is 0.889 bits per heavy atom. The van der Waals surface area contributed by atoms with Gasteiger partial charge in [-0.1, -0.05) is 41.9 Å². The Hall–Kier alpha value is -3.84. The number of piperazine rings is 1. The first-order valence-electron chi connectivity index (χ1n) is 11.9. The van der Waals surface area contributed by atoms with Gasteiger partial charge in [0.2, 0.25) is 5.91 Å². The second-order valence-electron chi connectivity index (χ2n) is 8.45. The summed E-state index contributed by atoms with van der Waals surface area (Å²) < 4.78 is 5.14. The predicted molar refractivity (Wildman–Crippen MR) is 141 cm³/mol. The molecule has 8 heteroatoms. The van der Waals surface area contributed by atoms with E-state index >= 15 is 0 Å². The SMILES string of the molecule is CCOC(=O)c1ccc(N2CCN(C(=O)c3ccccc3)CC2)c(NC(=O)Cc2ccc(Cl)cc2)c1. The number of nitrogens with one attached hydrogen (secondary N) is 1. The third-order valence-corrected chi connectivity index (χ3v) is 6.24. The predicted octanol–water partition coefficient (Wildman–Crippen LogP) is 4.66. The average Bonchev–Trinajstić information content (AvgIpc) is 2.90. The molecule has 1 N–H and O–H groups in total. The van der Waals surface area contributed by atoms with Crippen LogP contribution in [0.1, 0.15) is 33.2 Å². The fraction of sp³-hybridized carbons (Fsp3) is 0.250. The highest BCUT2D eigenvalue weighted by atomic mass is 35.5. The van der Waals surface area contributed by atoms with Crippen molar-refractivity contribution in [1.29, 1.82) is 0 Å². The normalized spacial score (nSPS) is 13.3. The zero-order chi connectivity index (χ0) is 25.5. The molecule has 186 valence electrons. The molecule has 0 unspecified atom stereocenters. The number of halogens is 1. The number of hydrogen-bond acceptors (Lipinski definition) is 5. The molecule has 36 heavy (non-hydrogen) atoms. The molecular weight excluding hydrogens is 478 g/mol. The zero-order valence-electron chi connectivity index (χ0n) is 20.1. The van der Waals surface area contributed by atoms with Gasteiger partial charge in [0.25, 0.3) is 5.91 Å². The molecule has 1 aliphatic heterocycles. The Kier molecular flexibility index (Phi) is 8.23. The van der Waals surface area contributed by atoms with E-state index in [2.05, 4.69) is 10.2 Å². The van der Waals surface area contributed by atoms with Gasteiger partial charge in [0.1, 0.15) is 0 Å². The molecule has 1 heterocycles. The van der Waals surface area contributed by atoms with E-state index in [1.54, 1.807) is 43.3 Å². The molecule has 1 fully saturated rings. The summed E-state index contributed by atoms with van der Waals surface area (Å²) in [5.74, 6) is -0.655. The minimum atomic E-state index is -0.449. The van der Waals surface area contributed by atoms with Crippen LogP contribution in [0.4, 0.5) is 11.4 Å². The van der Waals surface area contributed by atoms with E-state index in [1.807, 2.05) is 41.3 Å². The largest absolute Gasteiger partial charge is 0.462 e. The van der Waals surface area contributed by atoms with Gasteiger partial charge in [-0.15, -0.1) is 0 Å². The summed E-state index contributed by atoms with van der Waals surface area (Å²) in [4.78, 5) is 42.0. The van der Waals surface area contributed by atoms with Crippen molar-refractivity contribution in [3.8, 4) is 0 Å². The number of anilines is 2. The van der Waals surface area contributed by atoms with Crippen LogP contribution in [0.3, 0.4) is 0 Å². The van der Waals surface area contributed by atoms with E-state index in [9.17, 15) is 14.4 Å². The zero-order valence-corrected chi connectivity index (χ0v) is 20.8. The van der Waals surface area contributed by atoms with E-state index in [0.717, 1.165) is 11.3 Å². The summed E-state index contributed by atoms with van der Waals surface area (Å²) in [5, 5.41) is 3.57. The van der Waals surface area contributed by atoms with Gasteiger partial charge in [-0.3, -0.25) is 9.59 Å². The van der Waals surface area contributed by atoms with Crippen molar-refractivity contribution in [3.63, 3.8) is 0 Å². The van der Waals surface area contributed by atoms with Gasteiger partial charge in [0, 0.05) is 36.8 Å². The number of amides is 2. The number of rotatable bonds is 7. The molecule has 0 aromatic heterocycles. The van der Waals surface area contributed by atoms with Crippen molar-refractivity contribution in [2.24, 2.45) is 0 Å². The molecule has 0 aliphatic carbocycles. The third-order valence-electron chi connectivity index (χ3n) is 5.99. The van der Waals surface area contributed by atoms with Gasteiger partial charge in [0.05, 0.1) is 30.0 Å². The summed E-state index contributed by atoms with van der Waals surface area (Å²) >= 11 is 5.95. The van der Waals surface area contributed by atoms with Crippen LogP contribution in [0.2, 0.25) is 5.02 Å². The van der Waals surface area contributed by atoms with Gasteiger partial charge in [-0.2, -0.15) is 0 Å². The van der Waals surface area contributed by atoms with Crippen molar-refractivity contribution in [3.05, 3.63) is 94.5 Å². The molecule has 1 aliphatic rings. The van der Waals surface area contributed by atoms with E-state index < -0.39 is 5.97 Å². The topological polar surface area (TPSA) is 79.0 Å². The first-order chi connectivity index (χ1) is 17.4. The quantitative estimate of drug-likeness (QED) is 0.472. The lowest BCUT2D eigenvalue weighted by atomic mass is 10.1. The maximum atomic E-state index is 12.9. The van der Waals surface area contributed by atoms with E-state index in [4.69, 9.17) is 16.3 Å². The molecule has 1 saturated heterocycles. The minimum Gasteiger partial charge on any atom is -0.462 e. The molecule has 3 aromatic carbocycles. The van der Waals surface area contributed by atoms with Crippen molar-refractivity contribution in [2.45, 2.75) is 13.3 Å². The number of ether oxygens (including phenoxy) is 1. The smallest absolute Gasteiger partial charge is 0.338 e. The number of carbonyl (C=O) groups is 3. The number of carbonyl (C=O) groups excluding carboxylic acids is 3. The molecule has 3 aromatic rings. The molecule has 0 radical (unpaired) electrons. The summed E-state index contributed by atoms with van der Waals surface area (Å²) in [6, 6.07) is 21.5. The molecule has 4 rings (SSSR count). The van der Waals surface area contributed by atoms with Crippen LogP contribution in [-0.4, -0.2) is 55.5 Å². The van der Waals surface area contributed by atoms with Crippen molar-refractivity contribution in [2.75, 3.05) is 43.0 Å². The summed E-state index contributed by atoms with van der Waals surface area (Å²) in [6.07, 6.45) is 0.166. The first-order valence-corrected chi connectivity index (χ1v) is 12.3. The highest BCUT2D eigenvalue weighted by molar-refractivity contribution is 6.30. The Morgan fingerprint density at radius 3 is 2.25 bits per heavy atom. The Labute approximate surface area is 215 Å². The lowest BCUT2D eigenvalue weighted by Gasteiger charge is -2.37. The summed E-state index contributed by atoms with van der Waals surface area (Å²) in [6.45, 7) is 4.29. The monoisotopic (exact) mass is 505 g/mol. The number of esters is 1. The molecule has 0 saturated carbocycles. The maximum Gasteiger partial charge on any atom is 0.338 e. The summed E-state index contributed by atoms with van der Waals surface area (Å²) in [7, 11) is 0.